The van der Waals surface area contributed by atoms with E-state index in [1.165, 1.54) is 34.9 Å². The predicted molar refractivity (Wildman–Crippen MR) is 71.4 cm³/mol. The van der Waals surface area contributed by atoms with Gasteiger partial charge >= 0.3 is 5.97 Å². The third kappa shape index (κ3) is 3.21. The van der Waals surface area contributed by atoms with Gasteiger partial charge in [-0.1, -0.05) is 12.1 Å². The van der Waals surface area contributed by atoms with Gasteiger partial charge in [0, 0.05) is 5.38 Å². The molecule has 0 bridgehead atoms. The zero-order chi connectivity index (χ0) is 14.8. The lowest BCUT2D eigenvalue weighted by Gasteiger charge is -2.14. The highest BCUT2D eigenvalue weighted by Crippen LogP contribution is 2.20. The van der Waals surface area contributed by atoms with Gasteiger partial charge in [-0.3, -0.25) is 4.79 Å². The van der Waals surface area contributed by atoms with Crippen molar-refractivity contribution in [3.63, 3.8) is 0 Å². The molecule has 2 N–H and O–H groups in total. The standard InChI is InChI=1S/C12H10FNO4S2/c13-9-3-1-2-8(6-9)11(12(15)16)14-20(17,18)10-4-5-19-7-10/h1-7,11,14H,(H,15,16). The quantitative estimate of drug-likeness (QED) is 0.884. The van der Waals surface area contributed by atoms with Gasteiger partial charge in [0.05, 0.1) is 4.90 Å². The van der Waals surface area contributed by atoms with E-state index < -0.39 is 27.9 Å². The Kier molecular flexibility index (Phi) is 4.17. The normalized spacial score (nSPS) is 13.1. The molecule has 106 valence electrons. The largest absolute Gasteiger partial charge is 0.480 e. The SMILES string of the molecule is O=C(O)C(NS(=O)(=O)c1ccsc1)c1cccc(F)c1. The first-order chi connectivity index (χ1) is 9.40. The van der Waals surface area contributed by atoms with E-state index in [1.807, 2.05) is 0 Å². The smallest absolute Gasteiger partial charge is 0.326 e. The molecule has 0 saturated heterocycles. The zero-order valence-electron chi connectivity index (χ0n) is 9.99. The molecule has 2 rings (SSSR count). The molecule has 5 nitrogen and oxygen atoms in total. The molecule has 2 aromatic rings. The fraction of sp³-hybridized carbons (Fsp3) is 0.0833. The topological polar surface area (TPSA) is 83.5 Å². The fourth-order valence-corrected chi connectivity index (χ4v) is 3.78. The number of nitrogens with one attached hydrogen (secondary N) is 1. The fourth-order valence-electron chi connectivity index (χ4n) is 1.58. The number of aliphatic carboxylic acids is 1. The van der Waals surface area contributed by atoms with E-state index >= 15 is 0 Å². The molecule has 0 saturated carbocycles. The molecule has 0 aliphatic rings. The third-order valence-corrected chi connectivity index (χ3v) is 4.76. The van der Waals surface area contributed by atoms with E-state index in [-0.39, 0.29) is 10.5 Å². The van der Waals surface area contributed by atoms with E-state index in [0.717, 1.165) is 12.1 Å². The predicted octanol–water partition coefficient (Wildman–Crippen LogP) is 1.99. The first-order valence-electron chi connectivity index (χ1n) is 5.43. The first-order valence-corrected chi connectivity index (χ1v) is 7.85. The molecular weight excluding hydrogens is 305 g/mol. The van der Waals surface area contributed by atoms with E-state index in [9.17, 15) is 17.6 Å². The van der Waals surface area contributed by atoms with Crippen LogP contribution in [0.1, 0.15) is 11.6 Å². The van der Waals surface area contributed by atoms with Crippen LogP contribution in [0, 0.1) is 5.82 Å². The average molecular weight is 315 g/mol. The molecular formula is C12H10FNO4S2. The molecule has 1 aromatic carbocycles. The lowest BCUT2D eigenvalue weighted by molar-refractivity contribution is -0.139. The Morgan fingerprint density at radius 1 is 1.35 bits per heavy atom. The second kappa shape index (κ2) is 5.70. The summed E-state index contributed by atoms with van der Waals surface area (Å²) in [5.41, 5.74) is 0.0244. The van der Waals surface area contributed by atoms with Crippen LogP contribution in [0.15, 0.2) is 46.0 Å². The first kappa shape index (κ1) is 14.6. The van der Waals surface area contributed by atoms with Crippen molar-refractivity contribution in [2.75, 3.05) is 0 Å². The summed E-state index contributed by atoms with van der Waals surface area (Å²) in [6.45, 7) is 0. The molecule has 1 heterocycles. The summed E-state index contributed by atoms with van der Waals surface area (Å²) < 4.78 is 39.2. The van der Waals surface area contributed by atoms with Gasteiger partial charge in [-0.15, -0.1) is 0 Å². The number of hydrogen-bond donors (Lipinski definition) is 2. The molecule has 0 fully saturated rings. The highest BCUT2D eigenvalue weighted by atomic mass is 32.2. The Balaban J connectivity index is 2.34. The van der Waals surface area contributed by atoms with Crippen molar-refractivity contribution in [3.8, 4) is 0 Å². The molecule has 0 radical (unpaired) electrons. The lowest BCUT2D eigenvalue weighted by atomic mass is 10.1. The van der Waals surface area contributed by atoms with Gasteiger partial charge in [0.2, 0.25) is 10.0 Å². The summed E-state index contributed by atoms with van der Waals surface area (Å²) in [5, 5.41) is 12.1. The number of carboxylic acids is 1. The molecule has 1 atom stereocenters. The van der Waals surface area contributed by atoms with E-state index in [2.05, 4.69) is 4.72 Å². The minimum absolute atomic E-state index is 0.0230. The molecule has 0 aliphatic heterocycles. The number of thiophene rings is 1. The summed E-state index contributed by atoms with van der Waals surface area (Å²) in [5.74, 6) is -2.04. The highest BCUT2D eigenvalue weighted by Gasteiger charge is 2.27. The van der Waals surface area contributed by atoms with Crippen LogP contribution < -0.4 is 4.72 Å². The van der Waals surface area contributed by atoms with Crippen LogP contribution in [0.4, 0.5) is 4.39 Å². The van der Waals surface area contributed by atoms with Gasteiger partial charge in [-0.25, -0.2) is 12.8 Å². The number of hydrogen-bond acceptors (Lipinski definition) is 4. The molecule has 20 heavy (non-hydrogen) atoms. The van der Waals surface area contributed by atoms with Crippen LogP contribution in [0.2, 0.25) is 0 Å². The number of rotatable bonds is 5. The van der Waals surface area contributed by atoms with Gasteiger partial charge < -0.3 is 5.11 Å². The van der Waals surface area contributed by atoms with Gasteiger partial charge in [-0.2, -0.15) is 16.1 Å². The number of benzene rings is 1. The molecule has 1 aromatic heterocycles. The number of halogens is 1. The number of sulfonamides is 1. The maximum Gasteiger partial charge on any atom is 0.326 e. The van der Waals surface area contributed by atoms with E-state index in [1.54, 1.807) is 5.38 Å². The summed E-state index contributed by atoms with van der Waals surface area (Å²) in [7, 11) is -3.97. The van der Waals surface area contributed by atoms with Gasteiger partial charge in [0.15, 0.2) is 0 Å². The Morgan fingerprint density at radius 2 is 2.10 bits per heavy atom. The minimum atomic E-state index is -3.97. The Morgan fingerprint density at radius 3 is 2.65 bits per heavy atom. The average Bonchev–Trinajstić information content (AvgIpc) is 2.90. The van der Waals surface area contributed by atoms with Gasteiger partial charge in [0.1, 0.15) is 11.9 Å². The lowest BCUT2D eigenvalue weighted by Crippen LogP contribution is -2.33. The molecule has 8 heteroatoms. The van der Waals surface area contributed by atoms with Crippen LogP contribution in [0.3, 0.4) is 0 Å². The Hall–Kier alpha value is -1.77. The van der Waals surface area contributed by atoms with Crippen molar-refractivity contribution in [2.24, 2.45) is 0 Å². The van der Waals surface area contributed by atoms with Crippen LogP contribution >= 0.6 is 11.3 Å². The summed E-state index contributed by atoms with van der Waals surface area (Å²) in [6, 6.07) is 4.61. The van der Waals surface area contributed by atoms with Gasteiger partial charge in [-0.05, 0) is 29.1 Å². The van der Waals surface area contributed by atoms with Crippen molar-refractivity contribution in [2.45, 2.75) is 10.9 Å². The maximum absolute atomic E-state index is 13.1. The second-order valence-electron chi connectivity index (χ2n) is 3.91. The van der Waals surface area contributed by atoms with Crippen LogP contribution in [0.25, 0.3) is 0 Å². The number of carbonyl (C=O) groups is 1. The summed E-state index contributed by atoms with van der Waals surface area (Å²) in [6.07, 6.45) is 0. The van der Waals surface area contributed by atoms with Crippen LogP contribution in [0.5, 0.6) is 0 Å². The molecule has 0 spiro atoms. The summed E-state index contributed by atoms with van der Waals surface area (Å²) >= 11 is 1.17. The molecule has 1 unspecified atom stereocenters. The van der Waals surface area contributed by atoms with Crippen molar-refractivity contribution in [1.82, 2.24) is 4.72 Å². The molecule has 0 amide bonds. The van der Waals surface area contributed by atoms with Crippen molar-refractivity contribution < 1.29 is 22.7 Å². The van der Waals surface area contributed by atoms with Crippen LogP contribution in [-0.4, -0.2) is 19.5 Å². The zero-order valence-corrected chi connectivity index (χ0v) is 11.6. The minimum Gasteiger partial charge on any atom is -0.480 e. The maximum atomic E-state index is 13.1. The third-order valence-electron chi connectivity index (χ3n) is 2.51. The van der Waals surface area contributed by atoms with Gasteiger partial charge in [0.25, 0.3) is 0 Å². The molecule has 0 aliphatic carbocycles. The number of carboxylic acid groups (broad SMARTS) is 1. The Labute approximate surface area is 118 Å². The van der Waals surface area contributed by atoms with Crippen LogP contribution in [-0.2, 0) is 14.8 Å². The van der Waals surface area contributed by atoms with E-state index in [0.29, 0.717) is 0 Å². The highest BCUT2D eigenvalue weighted by molar-refractivity contribution is 7.89. The van der Waals surface area contributed by atoms with Crippen molar-refractivity contribution in [1.29, 1.82) is 0 Å². The van der Waals surface area contributed by atoms with Crippen molar-refractivity contribution in [3.05, 3.63) is 52.5 Å². The Bertz CT molecular complexity index is 713. The van der Waals surface area contributed by atoms with E-state index in [4.69, 9.17) is 5.11 Å². The second-order valence-corrected chi connectivity index (χ2v) is 6.40. The van der Waals surface area contributed by atoms with Crippen molar-refractivity contribution >= 4 is 27.3 Å². The monoisotopic (exact) mass is 315 g/mol. The summed E-state index contributed by atoms with van der Waals surface area (Å²) in [4.78, 5) is 11.2.